The Morgan fingerprint density at radius 3 is 1.82 bits per heavy atom. The molecule has 0 aliphatic heterocycles. The summed E-state index contributed by atoms with van der Waals surface area (Å²) >= 11 is 0. The van der Waals surface area contributed by atoms with Gasteiger partial charge >= 0.3 is 0 Å². The molecule has 0 bridgehead atoms. The molecule has 1 unspecified atom stereocenters. The Balaban J connectivity index is 1.01. The third-order valence-corrected chi connectivity index (χ3v) is 15.7. The maximum absolute atomic E-state index is 2.51. The number of nitrogens with zero attached hydrogens (tertiary/aromatic N) is 2. The van der Waals surface area contributed by atoms with E-state index in [-0.39, 0.29) is 5.41 Å². The van der Waals surface area contributed by atoms with Crippen LogP contribution in [0.3, 0.4) is 0 Å². The van der Waals surface area contributed by atoms with Crippen LogP contribution in [0.15, 0.2) is 224 Å². The minimum Gasteiger partial charge on any atom is -0.310 e. The van der Waals surface area contributed by atoms with Gasteiger partial charge in [-0.25, -0.2) is 0 Å². The fourth-order valence-electron chi connectivity index (χ4n) is 11.8. The first-order valence-electron chi connectivity index (χ1n) is 25.3. The molecule has 1 aliphatic rings. The van der Waals surface area contributed by atoms with E-state index in [1.54, 1.807) is 0 Å². The minimum atomic E-state index is -0.274. The molecular formula is C69H58N2. The van der Waals surface area contributed by atoms with Gasteiger partial charge in [0.25, 0.3) is 0 Å². The smallest absolute Gasteiger partial charge is 0.0562 e. The second kappa shape index (κ2) is 17.6. The third-order valence-electron chi connectivity index (χ3n) is 15.7. The summed E-state index contributed by atoms with van der Waals surface area (Å²) in [5.74, 6) is 0.401. The molecular weight excluding hydrogens is 857 g/mol. The van der Waals surface area contributed by atoms with Gasteiger partial charge in [0.1, 0.15) is 0 Å². The first-order chi connectivity index (χ1) is 34.7. The molecule has 71 heavy (non-hydrogen) atoms. The van der Waals surface area contributed by atoms with Gasteiger partial charge in [-0.3, -0.25) is 0 Å². The largest absolute Gasteiger partial charge is 0.310 e. The number of fused-ring (bicyclic) bond motifs is 6. The number of hydrogen-bond acceptors (Lipinski definition) is 1. The van der Waals surface area contributed by atoms with Gasteiger partial charge < -0.3 is 9.47 Å². The van der Waals surface area contributed by atoms with Crippen molar-refractivity contribution in [1.82, 2.24) is 4.57 Å². The molecule has 1 atom stereocenters. The van der Waals surface area contributed by atoms with Crippen LogP contribution in [0.25, 0.3) is 83.1 Å². The molecule has 0 saturated carbocycles. The van der Waals surface area contributed by atoms with Gasteiger partial charge in [-0.2, -0.15) is 0 Å². The summed E-state index contributed by atoms with van der Waals surface area (Å²) in [6, 6.07) is 83.4. The molecule has 0 fully saturated rings. The topological polar surface area (TPSA) is 8.17 Å². The monoisotopic (exact) mass is 914 g/mol. The van der Waals surface area contributed by atoms with Crippen molar-refractivity contribution >= 4 is 38.9 Å². The Kier molecular flexibility index (Phi) is 10.9. The predicted molar refractivity (Wildman–Crippen MR) is 303 cm³/mol. The van der Waals surface area contributed by atoms with E-state index in [1.165, 1.54) is 105 Å². The molecule has 0 radical (unpaired) electrons. The lowest BCUT2D eigenvalue weighted by molar-refractivity contribution is 0.660. The number of aromatic nitrogens is 1. The van der Waals surface area contributed by atoms with Crippen LogP contribution in [-0.2, 0) is 5.41 Å². The van der Waals surface area contributed by atoms with Gasteiger partial charge in [-0.1, -0.05) is 191 Å². The van der Waals surface area contributed by atoms with E-state index < -0.39 is 0 Å². The Bertz CT molecular complexity index is 3800. The average molecular weight is 915 g/mol. The van der Waals surface area contributed by atoms with Gasteiger partial charge in [0.15, 0.2) is 0 Å². The molecule has 0 spiro atoms. The summed E-state index contributed by atoms with van der Waals surface area (Å²) in [7, 11) is 0. The van der Waals surface area contributed by atoms with Crippen molar-refractivity contribution in [2.45, 2.75) is 59.3 Å². The summed E-state index contributed by atoms with van der Waals surface area (Å²) in [6.07, 6.45) is 1.07. The highest BCUT2D eigenvalue weighted by Crippen LogP contribution is 2.53. The highest BCUT2D eigenvalue weighted by atomic mass is 15.1. The first kappa shape index (κ1) is 44.0. The van der Waals surface area contributed by atoms with E-state index >= 15 is 0 Å². The molecule has 0 amide bonds. The molecule has 11 aromatic rings. The molecule has 10 aromatic carbocycles. The Morgan fingerprint density at radius 1 is 0.465 bits per heavy atom. The van der Waals surface area contributed by atoms with Gasteiger partial charge in [-0.05, 0) is 170 Å². The Morgan fingerprint density at radius 2 is 1.04 bits per heavy atom. The molecule has 344 valence electrons. The molecule has 2 heteroatoms. The highest BCUT2D eigenvalue weighted by Gasteiger charge is 2.37. The van der Waals surface area contributed by atoms with E-state index in [0.717, 1.165) is 29.2 Å². The number of aryl methyl sites for hydroxylation is 1. The zero-order valence-corrected chi connectivity index (χ0v) is 41.5. The zero-order valence-electron chi connectivity index (χ0n) is 41.5. The lowest BCUT2D eigenvalue weighted by Gasteiger charge is -2.29. The van der Waals surface area contributed by atoms with E-state index in [1.807, 2.05) is 0 Å². The SMILES string of the molecule is CCC(C)c1cccc(-c2ccc3c(c2)C(C)(C)c2cc(N(c4ccc(-c5ccccc5)cc4)c4cccc5c4c4ccccc4n5-c4ccccc4)ccc2-3)c1-c1cccc(-c2ccccc2C)c1C. The number of para-hydroxylation sites is 2. The van der Waals surface area contributed by atoms with Crippen molar-refractivity contribution in [3.8, 4) is 61.3 Å². The van der Waals surface area contributed by atoms with E-state index in [0.29, 0.717) is 5.92 Å². The fourth-order valence-corrected chi connectivity index (χ4v) is 11.8. The van der Waals surface area contributed by atoms with Crippen LogP contribution in [0.1, 0.15) is 67.9 Å². The third kappa shape index (κ3) is 7.32. The number of anilines is 3. The van der Waals surface area contributed by atoms with Gasteiger partial charge in [0, 0.05) is 33.2 Å². The lowest BCUT2D eigenvalue weighted by atomic mass is 9.79. The number of rotatable bonds is 10. The van der Waals surface area contributed by atoms with Crippen molar-refractivity contribution in [1.29, 1.82) is 0 Å². The summed E-state index contributed by atoms with van der Waals surface area (Å²) in [6.45, 7) is 14.1. The quantitative estimate of drug-likeness (QED) is 0.133. The maximum atomic E-state index is 2.51. The molecule has 12 rings (SSSR count). The van der Waals surface area contributed by atoms with Crippen LogP contribution < -0.4 is 4.90 Å². The molecule has 0 N–H and O–H groups in total. The summed E-state index contributed by atoms with van der Waals surface area (Å²) in [4.78, 5) is 2.49. The van der Waals surface area contributed by atoms with Crippen LogP contribution in [0.2, 0.25) is 0 Å². The lowest BCUT2D eigenvalue weighted by Crippen LogP contribution is -2.17. The van der Waals surface area contributed by atoms with Crippen LogP contribution in [0, 0.1) is 13.8 Å². The second-order valence-corrected chi connectivity index (χ2v) is 20.1. The molecule has 1 aromatic heterocycles. The van der Waals surface area contributed by atoms with Gasteiger partial charge in [-0.15, -0.1) is 0 Å². The van der Waals surface area contributed by atoms with Gasteiger partial charge in [0.2, 0.25) is 0 Å². The number of benzene rings is 10. The Hall–Kier alpha value is -8.20. The van der Waals surface area contributed by atoms with E-state index in [2.05, 4.69) is 275 Å². The van der Waals surface area contributed by atoms with Crippen molar-refractivity contribution < 1.29 is 0 Å². The summed E-state index contributed by atoms with van der Waals surface area (Å²) < 4.78 is 2.41. The Labute approximate surface area is 419 Å². The summed E-state index contributed by atoms with van der Waals surface area (Å²) in [5.41, 5.74) is 26.2. The van der Waals surface area contributed by atoms with Crippen LogP contribution in [0.4, 0.5) is 17.1 Å². The highest BCUT2D eigenvalue weighted by molar-refractivity contribution is 6.16. The van der Waals surface area contributed by atoms with Crippen LogP contribution in [-0.4, -0.2) is 4.57 Å². The van der Waals surface area contributed by atoms with Crippen LogP contribution in [0.5, 0.6) is 0 Å². The van der Waals surface area contributed by atoms with Crippen molar-refractivity contribution in [2.75, 3.05) is 4.90 Å². The molecule has 1 heterocycles. The average Bonchev–Trinajstić information content (AvgIpc) is 3.87. The minimum absolute atomic E-state index is 0.274. The second-order valence-electron chi connectivity index (χ2n) is 20.1. The van der Waals surface area contributed by atoms with E-state index in [4.69, 9.17) is 0 Å². The van der Waals surface area contributed by atoms with E-state index in [9.17, 15) is 0 Å². The first-order valence-corrected chi connectivity index (χ1v) is 25.3. The van der Waals surface area contributed by atoms with Gasteiger partial charge in [0.05, 0.1) is 16.7 Å². The fraction of sp³-hybridized carbons (Fsp3) is 0.130. The standard InChI is InChI=1S/C69H58N2/c1-7-45(2)55-28-18-31-58(67(55)57-30-19-29-56(47(57)4)54-26-15-14-21-46(54)3)50-37-41-59-60-42-40-53(44-63(60)69(5,6)62(59)43-50)70(52-38-35-49(36-39-52)48-22-10-8-11-23-48)65-33-20-34-66-68(65)61-27-16-17-32-64(61)71(66)51-24-12-9-13-25-51/h8-45H,7H2,1-6H3. The van der Waals surface area contributed by atoms with Crippen LogP contribution >= 0.6 is 0 Å². The predicted octanol–water partition coefficient (Wildman–Crippen LogP) is 19.4. The summed E-state index contributed by atoms with van der Waals surface area (Å²) in [5, 5.41) is 2.45. The van der Waals surface area contributed by atoms with Crippen molar-refractivity contribution in [3.63, 3.8) is 0 Å². The molecule has 1 aliphatic carbocycles. The molecule has 0 saturated heterocycles. The normalized spacial score (nSPS) is 13.0. The number of hydrogen-bond donors (Lipinski definition) is 0. The molecule has 2 nitrogen and oxygen atoms in total. The zero-order chi connectivity index (χ0) is 48.4. The van der Waals surface area contributed by atoms with Crippen molar-refractivity contribution in [2.24, 2.45) is 0 Å². The van der Waals surface area contributed by atoms with Crippen molar-refractivity contribution in [3.05, 3.63) is 252 Å². The maximum Gasteiger partial charge on any atom is 0.0562 e.